The number of likely N-dealkylation sites (tertiary alicyclic amines) is 1. The van der Waals surface area contributed by atoms with Crippen LogP contribution in [0.15, 0.2) is 24.3 Å². The van der Waals surface area contributed by atoms with Crippen LogP contribution in [0.3, 0.4) is 0 Å². The van der Waals surface area contributed by atoms with Gasteiger partial charge in [-0.15, -0.1) is 0 Å². The number of benzene rings is 1. The number of rotatable bonds is 6. The minimum atomic E-state index is -0.206. The van der Waals surface area contributed by atoms with Crippen LogP contribution >= 0.6 is 0 Å². The first-order chi connectivity index (χ1) is 14.2. The van der Waals surface area contributed by atoms with Crippen molar-refractivity contribution in [1.29, 1.82) is 0 Å². The lowest BCUT2D eigenvalue weighted by molar-refractivity contribution is 0.0786. The SMILES string of the molecule is COc1ccc(CCNC(=O)c2nc(C(=O)N3CCCC3)c3n2CCCC3)cc1. The first kappa shape index (κ1) is 19.5. The molecule has 29 heavy (non-hydrogen) atoms. The van der Waals surface area contributed by atoms with Gasteiger partial charge in [-0.2, -0.15) is 0 Å². The molecule has 0 bridgehead atoms. The van der Waals surface area contributed by atoms with Gasteiger partial charge in [-0.1, -0.05) is 12.1 Å². The van der Waals surface area contributed by atoms with Gasteiger partial charge in [0.05, 0.1) is 12.8 Å². The van der Waals surface area contributed by atoms with E-state index in [0.29, 0.717) is 18.1 Å². The van der Waals surface area contributed by atoms with E-state index >= 15 is 0 Å². The highest BCUT2D eigenvalue weighted by Gasteiger charge is 2.30. The molecule has 0 radical (unpaired) electrons. The Morgan fingerprint density at radius 3 is 2.52 bits per heavy atom. The standard InChI is InChI=1S/C22H28N4O3/c1-29-17-9-7-16(8-10-17)11-12-23-21(27)20-24-19(18-6-2-3-15-26(18)20)22(28)25-13-4-5-14-25/h7-10H,2-6,11-15H2,1H3,(H,23,27). The molecule has 7 heteroatoms. The van der Waals surface area contributed by atoms with Gasteiger partial charge in [0.1, 0.15) is 11.4 Å². The second-order valence-electron chi connectivity index (χ2n) is 7.69. The van der Waals surface area contributed by atoms with E-state index in [0.717, 1.165) is 75.2 Å². The summed E-state index contributed by atoms with van der Waals surface area (Å²) in [5.41, 5.74) is 2.53. The van der Waals surface area contributed by atoms with Crippen LogP contribution in [0, 0.1) is 0 Å². The molecule has 0 aliphatic carbocycles. The van der Waals surface area contributed by atoms with Crippen molar-refractivity contribution in [2.45, 2.75) is 45.1 Å². The van der Waals surface area contributed by atoms with Crippen LogP contribution in [-0.2, 0) is 19.4 Å². The molecule has 1 N–H and O–H groups in total. The maximum atomic E-state index is 12.9. The summed E-state index contributed by atoms with van der Waals surface area (Å²) in [7, 11) is 1.64. The number of nitrogens with one attached hydrogen (secondary N) is 1. The number of amides is 2. The van der Waals surface area contributed by atoms with E-state index in [4.69, 9.17) is 4.74 Å². The van der Waals surface area contributed by atoms with Crippen LogP contribution < -0.4 is 10.1 Å². The Kier molecular flexibility index (Phi) is 5.83. The zero-order valence-corrected chi connectivity index (χ0v) is 16.9. The number of methoxy groups -OCH3 is 1. The third-order valence-electron chi connectivity index (χ3n) is 5.78. The lowest BCUT2D eigenvalue weighted by Gasteiger charge is -2.18. The summed E-state index contributed by atoms with van der Waals surface area (Å²) in [4.78, 5) is 32.1. The maximum absolute atomic E-state index is 12.9. The Labute approximate surface area is 171 Å². The van der Waals surface area contributed by atoms with E-state index in [9.17, 15) is 9.59 Å². The first-order valence-electron chi connectivity index (χ1n) is 10.5. The molecule has 0 atom stereocenters. The summed E-state index contributed by atoms with van der Waals surface area (Å²) in [6.07, 6.45) is 5.65. The molecule has 1 fully saturated rings. The van der Waals surface area contributed by atoms with E-state index < -0.39 is 0 Å². The monoisotopic (exact) mass is 396 g/mol. The van der Waals surface area contributed by atoms with E-state index in [2.05, 4.69) is 10.3 Å². The molecule has 4 rings (SSSR count). The van der Waals surface area contributed by atoms with Crippen molar-refractivity contribution in [3.63, 3.8) is 0 Å². The molecule has 2 aromatic rings. The number of hydrogen-bond donors (Lipinski definition) is 1. The molecular weight excluding hydrogens is 368 g/mol. The predicted octanol–water partition coefficient (Wildman–Crippen LogP) is 2.44. The molecule has 0 saturated carbocycles. The molecule has 1 aromatic carbocycles. The second kappa shape index (κ2) is 8.68. The maximum Gasteiger partial charge on any atom is 0.287 e. The van der Waals surface area contributed by atoms with Crippen molar-refractivity contribution < 1.29 is 14.3 Å². The molecular formula is C22H28N4O3. The van der Waals surface area contributed by atoms with Crippen LogP contribution in [0.1, 0.15) is 58.0 Å². The Morgan fingerprint density at radius 2 is 1.79 bits per heavy atom. The van der Waals surface area contributed by atoms with Crippen molar-refractivity contribution in [3.05, 3.63) is 47.0 Å². The Bertz CT molecular complexity index is 882. The minimum absolute atomic E-state index is 0.0227. The fourth-order valence-corrected chi connectivity index (χ4v) is 4.15. The number of imidazole rings is 1. The van der Waals surface area contributed by atoms with Crippen molar-refractivity contribution in [2.24, 2.45) is 0 Å². The number of fused-ring (bicyclic) bond motifs is 1. The number of hydrogen-bond acceptors (Lipinski definition) is 4. The van der Waals surface area contributed by atoms with Crippen LogP contribution in [0.25, 0.3) is 0 Å². The van der Waals surface area contributed by atoms with Gasteiger partial charge in [0.2, 0.25) is 0 Å². The Hall–Kier alpha value is -2.83. The van der Waals surface area contributed by atoms with Crippen molar-refractivity contribution >= 4 is 11.8 Å². The zero-order chi connectivity index (χ0) is 20.2. The Morgan fingerprint density at radius 1 is 1.07 bits per heavy atom. The highest BCUT2D eigenvalue weighted by atomic mass is 16.5. The third kappa shape index (κ3) is 4.13. The molecule has 2 amide bonds. The average molecular weight is 396 g/mol. The van der Waals surface area contributed by atoms with E-state index in [1.165, 1.54) is 0 Å². The lowest BCUT2D eigenvalue weighted by atomic mass is 10.1. The summed E-state index contributed by atoms with van der Waals surface area (Å²) in [6, 6.07) is 7.82. The molecule has 2 aliphatic heterocycles. The summed E-state index contributed by atoms with van der Waals surface area (Å²) in [6.45, 7) is 2.84. The van der Waals surface area contributed by atoms with Gasteiger partial charge in [-0.05, 0) is 56.2 Å². The number of carbonyl (C=O) groups excluding carboxylic acids is 2. The lowest BCUT2D eigenvalue weighted by Crippen LogP contribution is -2.29. The quantitative estimate of drug-likeness (QED) is 0.814. The molecule has 7 nitrogen and oxygen atoms in total. The summed E-state index contributed by atoms with van der Waals surface area (Å²) in [5, 5.41) is 2.97. The smallest absolute Gasteiger partial charge is 0.287 e. The number of aromatic nitrogens is 2. The second-order valence-corrected chi connectivity index (χ2v) is 7.69. The first-order valence-corrected chi connectivity index (χ1v) is 10.5. The van der Waals surface area contributed by atoms with Gasteiger partial charge in [0, 0.05) is 26.2 Å². The zero-order valence-electron chi connectivity index (χ0n) is 16.9. The molecule has 154 valence electrons. The summed E-state index contributed by atoms with van der Waals surface area (Å²) >= 11 is 0. The molecule has 0 spiro atoms. The summed E-state index contributed by atoms with van der Waals surface area (Å²) in [5.74, 6) is 0.960. The van der Waals surface area contributed by atoms with E-state index in [1.54, 1.807) is 7.11 Å². The Balaban J connectivity index is 1.45. The normalized spacial score (nSPS) is 15.8. The number of ether oxygens (including phenoxy) is 1. The fourth-order valence-electron chi connectivity index (χ4n) is 4.15. The predicted molar refractivity (Wildman–Crippen MR) is 109 cm³/mol. The average Bonchev–Trinajstić information content (AvgIpc) is 3.42. The highest BCUT2D eigenvalue weighted by Crippen LogP contribution is 2.23. The minimum Gasteiger partial charge on any atom is -0.497 e. The van der Waals surface area contributed by atoms with Crippen LogP contribution in [0.4, 0.5) is 0 Å². The number of nitrogens with zero attached hydrogens (tertiary/aromatic N) is 3. The fraction of sp³-hybridized carbons (Fsp3) is 0.500. The third-order valence-corrected chi connectivity index (χ3v) is 5.78. The summed E-state index contributed by atoms with van der Waals surface area (Å²) < 4.78 is 7.12. The van der Waals surface area contributed by atoms with Gasteiger partial charge in [-0.25, -0.2) is 4.98 Å². The molecule has 2 aliphatic rings. The largest absolute Gasteiger partial charge is 0.497 e. The van der Waals surface area contributed by atoms with Crippen LogP contribution in [0.5, 0.6) is 5.75 Å². The van der Waals surface area contributed by atoms with Gasteiger partial charge in [0.15, 0.2) is 5.82 Å². The van der Waals surface area contributed by atoms with Crippen LogP contribution in [0.2, 0.25) is 0 Å². The molecule has 0 unspecified atom stereocenters. The van der Waals surface area contributed by atoms with E-state index in [1.807, 2.05) is 33.7 Å². The van der Waals surface area contributed by atoms with Gasteiger partial charge in [-0.3, -0.25) is 9.59 Å². The topological polar surface area (TPSA) is 76.5 Å². The van der Waals surface area contributed by atoms with Gasteiger partial charge < -0.3 is 19.5 Å². The number of carbonyl (C=O) groups is 2. The highest BCUT2D eigenvalue weighted by molar-refractivity contribution is 5.97. The van der Waals surface area contributed by atoms with Gasteiger partial charge in [0.25, 0.3) is 11.8 Å². The van der Waals surface area contributed by atoms with E-state index in [-0.39, 0.29) is 11.8 Å². The molecule has 1 aromatic heterocycles. The molecule has 3 heterocycles. The van der Waals surface area contributed by atoms with Crippen molar-refractivity contribution in [1.82, 2.24) is 19.8 Å². The van der Waals surface area contributed by atoms with Gasteiger partial charge >= 0.3 is 0 Å². The van der Waals surface area contributed by atoms with Crippen LogP contribution in [-0.4, -0.2) is 53.0 Å². The molecule has 1 saturated heterocycles. The van der Waals surface area contributed by atoms with Crippen molar-refractivity contribution in [2.75, 3.05) is 26.7 Å². The van der Waals surface area contributed by atoms with Crippen molar-refractivity contribution in [3.8, 4) is 5.75 Å².